The highest BCUT2D eigenvalue weighted by Crippen LogP contribution is 2.28. The summed E-state index contributed by atoms with van der Waals surface area (Å²) in [5.41, 5.74) is 2.15. The number of methoxy groups -OCH3 is 2. The molecule has 1 N–H and O–H groups in total. The van der Waals surface area contributed by atoms with Crippen molar-refractivity contribution in [1.82, 2.24) is 0 Å². The average molecular weight is 322 g/mol. The van der Waals surface area contributed by atoms with E-state index in [9.17, 15) is 0 Å². The minimum atomic E-state index is 0.733. The Labute approximate surface area is 121 Å². The first-order chi connectivity index (χ1) is 9.22. The van der Waals surface area contributed by atoms with E-state index in [1.165, 1.54) is 5.56 Å². The highest BCUT2D eigenvalue weighted by Gasteiger charge is 2.03. The Morgan fingerprint density at radius 1 is 1.00 bits per heavy atom. The SMILES string of the molecule is COc1ccc(CNc2cc(Br)ccc2OC)cc1. The molecule has 0 heterocycles. The summed E-state index contributed by atoms with van der Waals surface area (Å²) in [5.74, 6) is 1.69. The molecule has 19 heavy (non-hydrogen) atoms. The Morgan fingerprint density at radius 2 is 1.74 bits per heavy atom. The monoisotopic (exact) mass is 321 g/mol. The molecule has 2 aromatic rings. The molecule has 0 amide bonds. The number of nitrogens with one attached hydrogen (secondary N) is 1. The minimum Gasteiger partial charge on any atom is -0.497 e. The van der Waals surface area contributed by atoms with Gasteiger partial charge in [0.1, 0.15) is 11.5 Å². The van der Waals surface area contributed by atoms with Gasteiger partial charge in [-0.1, -0.05) is 28.1 Å². The van der Waals surface area contributed by atoms with Gasteiger partial charge in [0.25, 0.3) is 0 Å². The average Bonchev–Trinajstić information content (AvgIpc) is 2.46. The quantitative estimate of drug-likeness (QED) is 0.900. The molecule has 0 aliphatic heterocycles. The van der Waals surface area contributed by atoms with E-state index in [0.717, 1.165) is 28.2 Å². The number of rotatable bonds is 5. The van der Waals surface area contributed by atoms with Crippen molar-refractivity contribution < 1.29 is 9.47 Å². The van der Waals surface area contributed by atoms with Crippen LogP contribution in [0.25, 0.3) is 0 Å². The molecule has 0 aliphatic rings. The Hall–Kier alpha value is -1.68. The number of benzene rings is 2. The van der Waals surface area contributed by atoms with E-state index in [1.54, 1.807) is 14.2 Å². The van der Waals surface area contributed by atoms with Gasteiger partial charge in [0.15, 0.2) is 0 Å². The van der Waals surface area contributed by atoms with Crippen molar-refractivity contribution in [2.24, 2.45) is 0 Å². The van der Waals surface area contributed by atoms with Crippen molar-refractivity contribution in [3.05, 3.63) is 52.5 Å². The third kappa shape index (κ3) is 3.64. The lowest BCUT2D eigenvalue weighted by molar-refractivity contribution is 0.414. The first kappa shape index (κ1) is 13.7. The van der Waals surface area contributed by atoms with Crippen molar-refractivity contribution >= 4 is 21.6 Å². The van der Waals surface area contributed by atoms with Crippen LogP contribution in [-0.2, 0) is 6.54 Å². The fourth-order valence-corrected chi connectivity index (χ4v) is 2.12. The molecule has 0 aromatic heterocycles. The van der Waals surface area contributed by atoms with Crippen LogP contribution in [0.1, 0.15) is 5.56 Å². The Balaban J connectivity index is 2.07. The summed E-state index contributed by atoms with van der Waals surface area (Å²) >= 11 is 3.46. The molecule has 3 nitrogen and oxygen atoms in total. The van der Waals surface area contributed by atoms with Gasteiger partial charge in [-0.2, -0.15) is 0 Å². The predicted octanol–water partition coefficient (Wildman–Crippen LogP) is 4.08. The second-order valence-corrected chi connectivity index (χ2v) is 4.96. The highest BCUT2D eigenvalue weighted by atomic mass is 79.9. The zero-order valence-electron chi connectivity index (χ0n) is 10.9. The van der Waals surface area contributed by atoms with E-state index < -0.39 is 0 Å². The van der Waals surface area contributed by atoms with Crippen LogP contribution >= 0.6 is 15.9 Å². The smallest absolute Gasteiger partial charge is 0.142 e. The lowest BCUT2D eigenvalue weighted by Crippen LogP contribution is -2.01. The Morgan fingerprint density at radius 3 is 2.37 bits per heavy atom. The van der Waals surface area contributed by atoms with Gasteiger partial charge in [0.05, 0.1) is 19.9 Å². The normalized spacial score (nSPS) is 10.1. The van der Waals surface area contributed by atoms with Gasteiger partial charge in [-0.05, 0) is 35.9 Å². The zero-order chi connectivity index (χ0) is 13.7. The van der Waals surface area contributed by atoms with Gasteiger partial charge in [-0.25, -0.2) is 0 Å². The fraction of sp³-hybridized carbons (Fsp3) is 0.200. The van der Waals surface area contributed by atoms with E-state index in [0.29, 0.717) is 0 Å². The second kappa shape index (κ2) is 6.48. The molecule has 4 heteroatoms. The lowest BCUT2D eigenvalue weighted by atomic mass is 10.2. The van der Waals surface area contributed by atoms with Crippen LogP contribution in [0.5, 0.6) is 11.5 Å². The molecule has 0 spiro atoms. The summed E-state index contributed by atoms with van der Waals surface area (Å²) < 4.78 is 11.5. The van der Waals surface area contributed by atoms with E-state index >= 15 is 0 Å². The van der Waals surface area contributed by atoms with Gasteiger partial charge in [0.2, 0.25) is 0 Å². The maximum atomic E-state index is 5.32. The second-order valence-electron chi connectivity index (χ2n) is 4.05. The molecule has 0 radical (unpaired) electrons. The van der Waals surface area contributed by atoms with Crippen LogP contribution in [-0.4, -0.2) is 14.2 Å². The molecule has 0 saturated carbocycles. The van der Waals surface area contributed by atoms with Gasteiger partial charge in [-0.3, -0.25) is 0 Å². The highest BCUT2D eigenvalue weighted by molar-refractivity contribution is 9.10. The maximum Gasteiger partial charge on any atom is 0.142 e. The largest absolute Gasteiger partial charge is 0.497 e. The number of halogens is 1. The van der Waals surface area contributed by atoms with Gasteiger partial charge < -0.3 is 14.8 Å². The minimum absolute atomic E-state index is 0.733. The van der Waals surface area contributed by atoms with Gasteiger partial charge in [0, 0.05) is 11.0 Å². The maximum absolute atomic E-state index is 5.32. The molecule has 2 rings (SSSR count). The van der Waals surface area contributed by atoms with Crippen LogP contribution in [0.3, 0.4) is 0 Å². The molecule has 0 bridgehead atoms. The zero-order valence-corrected chi connectivity index (χ0v) is 12.5. The molecule has 0 unspecified atom stereocenters. The lowest BCUT2D eigenvalue weighted by Gasteiger charge is -2.12. The van der Waals surface area contributed by atoms with Gasteiger partial charge >= 0.3 is 0 Å². The van der Waals surface area contributed by atoms with Crippen molar-refractivity contribution in [3.8, 4) is 11.5 Å². The molecule has 2 aromatic carbocycles. The molecule has 0 fully saturated rings. The van der Waals surface area contributed by atoms with Crippen molar-refractivity contribution in [2.75, 3.05) is 19.5 Å². The van der Waals surface area contributed by atoms with E-state index in [2.05, 4.69) is 21.2 Å². The first-order valence-corrected chi connectivity index (χ1v) is 6.72. The number of hydrogen-bond acceptors (Lipinski definition) is 3. The van der Waals surface area contributed by atoms with Crippen molar-refractivity contribution in [2.45, 2.75) is 6.54 Å². The molecule has 0 aliphatic carbocycles. The summed E-state index contributed by atoms with van der Waals surface area (Å²) in [6.07, 6.45) is 0. The Bertz CT molecular complexity index is 540. The van der Waals surface area contributed by atoms with Crippen LogP contribution in [0.15, 0.2) is 46.9 Å². The summed E-state index contributed by atoms with van der Waals surface area (Å²) in [7, 11) is 3.33. The molecule has 0 saturated heterocycles. The number of ether oxygens (including phenoxy) is 2. The predicted molar refractivity (Wildman–Crippen MR) is 81.0 cm³/mol. The summed E-state index contributed by atoms with van der Waals surface area (Å²) in [6, 6.07) is 13.9. The molecule has 100 valence electrons. The Kier molecular flexibility index (Phi) is 4.68. The topological polar surface area (TPSA) is 30.5 Å². The third-order valence-corrected chi connectivity index (χ3v) is 3.30. The van der Waals surface area contributed by atoms with Crippen molar-refractivity contribution in [3.63, 3.8) is 0 Å². The molecular formula is C15H16BrNO2. The standard InChI is InChI=1S/C15H16BrNO2/c1-18-13-6-3-11(4-7-13)10-17-14-9-12(16)5-8-15(14)19-2/h3-9,17H,10H2,1-2H3. The summed E-state index contributed by atoms with van der Waals surface area (Å²) in [5, 5.41) is 3.36. The molecular weight excluding hydrogens is 306 g/mol. The third-order valence-electron chi connectivity index (χ3n) is 2.80. The van der Waals surface area contributed by atoms with E-state index in [1.807, 2.05) is 42.5 Å². The van der Waals surface area contributed by atoms with E-state index in [4.69, 9.17) is 9.47 Å². The number of anilines is 1. The summed E-state index contributed by atoms with van der Waals surface area (Å²) in [4.78, 5) is 0. The van der Waals surface area contributed by atoms with Crippen molar-refractivity contribution in [1.29, 1.82) is 0 Å². The van der Waals surface area contributed by atoms with Crippen LogP contribution in [0.4, 0.5) is 5.69 Å². The number of hydrogen-bond donors (Lipinski definition) is 1. The molecule has 0 atom stereocenters. The first-order valence-electron chi connectivity index (χ1n) is 5.93. The van der Waals surface area contributed by atoms with E-state index in [-0.39, 0.29) is 0 Å². The van der Waals surface area contributed by atoms with Crippen LogP contribution in [0, 0.1) is 0 Å². The fourth-order valence-electron chi connectivity index (χ4n) is 1.76. The summed E-state index contributed by atoms with van der Waals surface area (Å²) in [6.45, 7) is 0.733. The van der Waals surface area contributed by atoms with Crippen LogP contribution in [0.2, 0.25) is 0 Å². The van der Waals surface area contributed by atoms with Crippen LogP contribution < -0.4 is 14.8 Å². The van der Waals surface area contributed by atoms with Gasteiger partial charge in [-0.15, -0.1) is 0 Å².